The first kappa shape index (κ1) is 21.0. The molecule has 2 aromatic carbocycles. The van der Waals surface area contributed by atoms with Gasteiger partial charge in [-0.25, -0.2) is 9.79 Å². The second kappa shape index (κ2) is 8.77. The molecular formula is C19H14Cl2N2O5S. The molecule has 0 bridgehead atoms. The second-order valence-electron chi connectivity index (χ2n) is 5.65. The van der Waals surface area contributed by atoms with Gasteiger partial charge < -0.3 is 19.9 Å². The summed E-state index contributed by atoms with van der Waals surface area (Å²) in [7, 11) is 2.76. The zero-order valence-corrected chi connectivity index (χ0v) is 17.5. The molecule has 29 heavy (non-hydrogen) atoms. The number of halogens is 2. The maximum atomic E-state index is 12.3. The maximum absolute atomic E-state index is 12.3. The van der Waals surface area contributed by atoms with Gasteiger partial charge >= 0.3 is 5.97 Å². The minimum absolute atomic E-state index is 0.0691. The van der Waals surface area contributed by atoms with E-state index in [1.54, 1.807) is 24.3 Å². The minimum Gasteiger partial charge on any atom is -0.493 e. The van der Waals surface area contributed by atoms with Crippen molar-refractivity contribution in [1.82, 2.24) is 5.32 Å². The van der Waals surface area contributed by atoms with Crippen LogP contribution in [0.5, 0.6) is 11.5 Å². The molecule has 0 aliphatic carbocycles. The Kier molecular flexibility index (Phi) is 6.36. The number of benzene rings is 2. The van der Waals surface area contributed by atoms with Crippen molar-refractivity contribution in [3.05, 3.63) is 56.4 Å². The standard InChI is InChI=1S/C19H14Cl2N2O5S/c1-27-13-6-3-9(15(18(25)26)16(13)28-2)7-14-17(24)23-19(29-14)22-12-5-4-10(20)8-11(12)21/h3-8H,1-2H3,(H,25,26)(H,22,23,24)/b14-7+. The Hall–Kier alpha value is -2.68. The Balaban J connectivity index is 1.98. The first-order chi connectivity index (χ1) is 13.8. The van der Waals surface area contributed by atoms with Gasteiger partial charge in [0, 0.05) is 5.02 Å². The number of hydrogen-bond donors (Lipinski definition) is 2. The van der Waals surface area contributed by atoms with Crippen molar-refractivity contribution >= 4 is 63.8 Å². The summed E-state index contributed by atoms with van der Waals surface area (Å²) in [6, 6.07) is 7.91. The number of nitrogens with zero attached hydrogens (tertiary/aromatic N) is 1. The van der Waals surface area contributed by atoms with E-state index in [2.05, 4.69) is 10.3 Å². The van der Waals surface area contributed by atoms with Gasteiger partial charge in [0.05, 0.1) is 29.8 Å². The van der Waals surface area contributed by atoms with Crippen LogP contribution in [-0.4, -0.2) is 36.4 Å². The van der Waals surface area contributed by atoms with Crippen molar-refractivity contribution < 1.29 is 24.2 Å². The zero-order chi connectivity index (χ0) is 21.1. The van der Waals surface area contributed by atoms with Crippen molar-refractivity contribution in [2.45, 2.75) is 0 Å². The summed E-state index contributed by atoms with van der Waals surface area (Å²) in [5.74, 6) is -1.28. The molecule has 0 saturated carbocycles. The topological polar surface area (TPSA) is 97.2 Å². The molecule has 2 N–H and O–H groups in total. The van der Waals surface area contributed by atoms with Gasteiger partial charge in [-0.15, -0.1) is 0 Å². The van der Waals surface area contributed by atoms with Crippen LogP contribution in [0.15, 0.2) is 40.2 Å². The fourth-order valence-corrected chi connectivity index (χ4v) is 3.86. The molecule has 1 aliphatic rings. The Labute approximate surface area is 180 Å². The highest BCUT2D eigenvalue weighted by Crippen LogP contribution is 2.37. The van der Waals surface area contributed by atoms with Crippen LogP contribution < -0.4 is 14.8 Å². The Morgan fingerprint density at radius 1 is 1.21 bits per heavy atom. The number of rotatable bonds is 5. The lowest BCUT2D eigenvalue weighted by Gasteiger charge is -2.12. The maximum Gasteiger partial charge on any atom is 0.340 e. The van der Waals surface area contributed by atoms with Crippen LogP contribution >= 0.6 is 35.0 Å². The van der Waals surface area contributed by atoms with Gasteiger partial charge in [-0.1, -0.05) is 29.3 Å². The molecule has 1 aliphatic heterocycles. The molecule has 10 heteroatoms. The molecule has 1 amide bonds. The number of aromatic carboxylic acids is 1. The van der Waals surface area contributed by atoms with Gasteiger partial charge in [0.15, 0.2) is 16.7 Å². The number of hydrogen-bond acceptors (Lipinski definition) is 6. The van der Waals surface area contributed by atoms with Gasteiger partial charge in [0.25, 0.3) is 5.91 Å². The average molecular weight is 453 g/mol. The molecule has 0 spiro atoms. The highest BCUT2D eigenvalue weighted by Gasteiger charge is 2.26. The van der Waals surface area contributed by atoms with Crippen molar-refractivity contribution in [2.75, 3.05) is 14.2 Å². The van der Waals surface area contributed by atoms with Crippen LogP contribution in [0.25, 0.3) is 6.08 Å². The number of carboxylic acid groups (broad SMARTS) is 1. The lowest BCUT2D eigenvalue weighted by molar-refractivity contribution is -0.115. The van der Waals surface area contributed by atoms with Gasteiger partial charge in [-0.2, -0.15) is 0 Å². The van der Waals surface area contributed by atoms with Crippen molar-refractivity contribution in [3.8, 4) is 11.5 Å². The lowest BCUT2D eigenvalue weighted by Crippen LogP contribution is -2.19. The number of amidine groups is 1. The highest BCUT2D eigenvalue weighted by atomic mass is 35.5. The van der Waals surface area contributed by atoms with Crippen molar-refractivity contribution in [3.63, 3.8) is 0 Å². The van der Waals surface area contributed by atoms with Gasteiger partial charge in [0.2, 0.25) is 0 Å². The van der Waals surface area contributed by atoms with Gasteiger partial charge in [-0.05, 0) is 47.7 Å². The van der Waals surface area contributed by atoms with E-state index < -0.39 is 11.9 Å². The molecule has 2 aromatic rings. The number of amides is 1. The van der Waals surface area contributed by atoms with Crippen LogP contribution in [0.4, 0.5) is 5.69 Å². The molecular weight excluding hydrogens is 439 g/mol. The van der Waals surface area contributed by atoms with E-state index in [4.69, 9.17) is 32.7 Å². The summed E-state index contributed by atoms with van der Waals surface area (Å²) < 4.78 is 10.3. The number of carbonyl (C=O) groups is 2. The van der Waals surface area contributed by atoms with E-state index in [-0.39, 0.29) is 22.0 Å². The van der Waals surface area contributed by atoms with Gasteiger partial charge in [0.1, 0.15) is 5.56 Å². The fraction of sp³-hybridized carbons (Fsp3) is 0.105. The Morgan fingerprint density at radius 3 is 2.59 bits per heavy atom. The van der Waals surface area contributed by atoms with Crippen LogP contribution in [0.1, 0.15) is 15.9 Å². The predicted molar refractivity (Wildman–Crippen MR) is 114 cm³/mol. The normalized spacial score (nSPS) is 16.2. The quantitative estimate of drug-likeness (QED) is 0.643. The Morgan fingerprint density at radius 2 is 1.97 bits per heavy atom. The number of methoxy groups -OCH3 is 2. The summed E-state index contributed by atoms with van der Waals surface area (Å²) in [5, 5.41) is 13.4. The number of carbonyl (C=O) groups excluding carboxylic acids is 1. The molecule has 1 heterocycles. The largest absolute Gasteiger partial charge is 0.493 e. The number of aliphatic imine (C=N–C) groups is 1. The molecule has 1 fully saturated rings. The van der Waals surface area contributed by atoms with Crippen LogP contribution in [-0.2, 0) is 4.79 Å². The third-order valence-electron chi connectivity index (χ3n) is 3.86. The van der Waals surface area contributed by atoms with E-state index in [9.17, 15) is 14.7 Å². The second-order valence-corrected chi connectivity index (χ2v) is 7.52. The number of nitrogens with one attached hydrogen (secondary N) is 1. The minimum atomic E-state index is -1.21. The molecule has 0 unspecified atom stereocenters. The smallest absolute Gasteiger partial charge is 0.340 e. The molecule has 0 radical (unpaired) electrons. The molecule has 3 rings (SSSR count). The van der Waals surface area contributed by atoms with Crippen molar-refractivity contribution in [2.24, 2.45) is 4.99 Å². The van der Waals surface area contributed by atoms with Crippen LogP contribution in [0.2, 0.25) is 10.0 Å². The summed E-state index contributed by atoms with van der Waals surface area (Å²) in [4.78, 5) is 28.7. The van der Waals surface area contributed by atoms with E-state index >= 15 is 0 Å². The first-order valence-corrected chi connectivity index (χ1v) is 9.64. The highest BCUT2D eigenvalue weighted by molar-refractivity contribution is 8.18. The van der Waals surface area contributed by atoms with Crippen LogP contribution in [0, 0.1) is 0 Å². The molecule has 7 nitrogen and oxygen atoms in total. The summed E-state index contributed by atoms with van der Waals surface area (Å²) in [6.07, 6.45) is 1.46. The number of thioether (sulfide) groups is 1. The summed E-state index contributed by atoms with van der Waals surface area (Å²) >= 11 is 13.0. The number of carboxylic acids is 1. The van der Waals surface area contributed by atoms with Crippen LogP contribution in [0.3, 0.4) is 0 Å². The van der Waals surface area contributed by atoms with E-state index in [0.29, 0.717) is 26.5 Å². The Bertz CT molecular complexity index is 1070. The fourth-order valence-electron chi connectivity index (χ4n) is 2.59. The average Bonchev–Trinajstić information content (AvgIpc) is 3.02. The SMILES string of the molecule is COc1ccc(/C=C2/SC(=Nc3ccc(Cl)cc3Cl)NC2=O)c(C(=O)O)c1OC. The van der Waals surface area contributed by atoms with Gasteiger partial charge in [-0.3, -0.25) is 4.79 Å². The van der Waals surface area contributed by atoms with E-state index in [0.717, 1.165) is 11.8 Å². The third kappa shape index (κ3) is 4.50. The molecule has 0 aromatic heterocycles. The third-order valence-corrected chi connectivity index (χ3v) is 5.31. The monoisotopic (exact) mass is 452 g/mol. The lowest BCUT2D eigenvalue weighted by atomic mass is 10.0. The summed E-state index contributed by atoms with van der Waals surface area (Å²) in [5.41, 5.74) is 0.620. The molecule has 0 atom stereocenters. The molecule has 150 valence electrons. The molecule has 1 saturated heterocycles. The van der Waals surface area contributed by atoms with E-state index in [1.807, 2.05) is 0 Å². The zero-order valence-electron chi connectivity index (χ0n) is 15.2. The number of ether oxygens (including phenoxy) is 2. The first-order valence-electron chi connectivity index (χ1n) is 8.07. The van der Waals surface area contributed by atoms with E-state index in [1.165, 1.54) is 26.4 Å². The summed E-state index contributed by atoms with van der Waals surface area (Å²) in [6.45, 7) is 0. The van der Waals surface area contributed by atoms with Crippen molar-refractivity contribution in [1.29, 1.82) is 0 Å². The predicted octanol–water partition coefficient (Wildman–Crippen LogP) is 4.60.